The Labute approximate surface area is 121 Å². The summed E-state index contributed by atoms with van der Waals surface area (Å²) in [5, 5.41) is 2.44. The van der Waals surface area contributed by atoms with E-state index in [4.69, 9.17) is 5.73 Å². The molecular weight excluding hydrogens is 334 g/mol. The van der Waals surface area contributed by atoms with Gasteiger partial charge in [0.2, 0.25) is 15.9 Å². The fraction of sp³-hybridized carbons (Fsp3) is 0.364. The van der Waals surface area contributed by atoms with Crippen molar-refractivity contribution in [3.05, 3.63) is 22.7 Å². The minimum absolute atomic E-state index is 0.0371. The van der Waals surface area contributed by atoms with Crippen molar-refractivity contribution in [2.45, 2.75) is 11.3 Å². The van der Waals surface area contributed by atoms with Gasteiger partial charge in [-0.15, -0.1) is 0 Å². The topological polar surface area (TPSA) is 92.5 Å². The van der Waals surface area contributed by atoms with Gasteiger partial charge in [-0.2, -0.15) is 0 Å². The number of nitrogens with one attached hydrogen (secondary N) is 1. The normalized spacial score (nSPS) is 11.6. The number of halogens is 1. The first-order valence-electron chi connectivity index (χ1n) is 5.51. The molecule has 8 heteroatoms. The van der Waals surface area contributed by atoms with Crippen LogP contribution in [0.4, 0.5) is 5.69 Å². The molecule has 0 aliphatic heterocycles. The van der Waals surface area contributed by atoms with Crippen LogP contribution in [0.25, 0.3) is 0 Å². The second-order valence-electron chi connectivity index (χ2n) is 3.93. The van der Waals surface area contributed by atoms with E-state index in [9.17, 15) is 13.2 Å². The van der Waals surface area contributed by atoms with Crippen molar-refractivity contribution >= 4 is 37.5 Å². The lowest BCUT2D eigenvalue weighted by atomic mass is 10.3. The summed E-state index contributed by atoms with van der Waals surface area (Å²) in [5.74, 6) is -0.217. The summed E-state index contributed by atoms with van der Waals surface area (Å²) in [5.41, 5.74) is 5.88. The molecule has 0 radical (unpaired) electrons. The molecule has 0 atom stereocenters. The summed E-state index contributed by atoms with van der Waals surface area (Å²) in [4.78, 5) is 11.2. The van der Waals surface area contributed by atoms with Crippen molar-refractivity contribution in [2.24, 2.45) is 0 Å². The maximum Gasteiger partial charge on any atom is 0.244 e. The van der Waals surface area contributed by atoms with Gasteiger partial charge in [-0.3, -0.25) is 4.79 Å². The van der Waals surface area contributed by atoms with Gasteiger partial charge in [0, 0.05) is 31.5 Å². The monoisotopic (exact) mass is 349 g/mol. The van der Waals surface area contributed by atoms with Gasteiger partial charge < -0.3 is 11.1 Å². The van der Waals surface area contributed by atoms with Crippen LogP contribution in [0, 0.1) is 0 Å². The largest absolute Gasteiger partial charge is 0.398 e. The fourth-order valence-corrected chi connectivity index (χ4v) is 3.07. The third-order valence-electron chi connectivity index (χ3n) is 2.59. The standard InChI is InChI=1S/C11H16BrN3O3S/c1-14-11(16)5-6-15(2)19(17,18)10-4-3-8(12)7-9(10)13/h3-4,7H,5-6,13H2,1-2H3,(H,14,16). The molecule has 0 fully saturated rings. The van der Waals surface area contributed by atoms with Crippen molar-refractivity contribution in [1.29, 1.82) is 0 Å². The second kappa shape index (κ2) is 6.36. The second-order valence-corrected chi connectivity index (χ2v) is 6.86. The lowest BCUT2D eigenvalue weighted by Gasteiger charge is -2.18. The number of benzene rings is 1. The highest BCUT2D eigenvalue weighted by Crippen LogP contribution is 2.25. The van der Waals surface area contributed by atoms with Gasteiger partial charge in [0.1, 0.15) is 4.90 Å². The molecule has 1 amide bonds. The lowest BCUT2D eigenvalue weighted by Crippen LogP contribution is -2.31. The SMILES string of the molecule is CNC(=O)CCN(C)S(=O)(=O)c1ccc(Br)cc1N. The Bertz CT molecular complexity index is 575. The molecule has 0 unspecified atom stereocenters. The third kappa shape index (κ3) is 3.92. The predicted octanol–water partition coefficient (Wildman–Crippen LogP) is 0.788. The Hall–Kier alpha value is -1.12. The molecule has 0 aliphatic rings. The zero-order valence-electron chi connectivity index (χ0n) is 10.7. The Morgan fingerprint density at radius 2 is 2.11 bits per heavy atom. The number of nitrogens with zero attached hydrogens (tertiary/aromatic N) is 1. The van der Waals surface area contributed by atoms with Gasteiger partial charge in [-0.25, -0.2) is 12.7 Å². The van der Waals surface area contributed by atoms with E-state index in [2.05, 4.69) is 21.2 Å². The number of anilines is 1. The first-order valence-corrected chi connectivity index (χ1v) is 7.74. The predicted molar refractivity (Wildman–Crippen MR) is 77.1 cm³/mol. The molecule has 0 aliphatic carbocycles. The van der Waals surface area contributed by atoms with Crippen LogP contribution in [-0.2, 0) is 14.8 Å². The third-order valence-corrected chi connectivity index (χ3v) is 5.02. The van der Waals surface area contributed by atoms with Gasteiger partial charge in [0.05, 0.1) is 5.69 Å². The fourth-order valence-electron chi connectivity index (χ4n) is 1.43. The number of carbonyl (C=O) groups is 1. The number of hydrogen-bond donors (Lipinski definition) is 2. The van der Waals surface area contributed by atoms with Gasteiger partial charge in [0.25, 0.3) is 0 Å². The van der Waals surface area contributed by atoms with Gasteiger partial charge >= 0.3 is 0 Å². The number of sulfonamides is 1. The maximum atomic E-state index is 12.3. The molecular formula is C11H16BrN3O3S. The first-order chi connectivity index (χ1) is 8.78. The maximum absolute atomic E-state index is 12.3. The minimum Gasteiger partial charge on any atom is -0.398 e. The van der Waals surface area contributed by atoms with Gasteiger partial charge in [0.15, 0.2) is 0 Å². The molecule has 19 heavy (non-hydrogen) atoms. The molecule has 1 aromatic carbocycles. The average Bonchev–Trinajstić information content (AvgIpc) is 2.34. The molecule has 0 bridgehead atoms. The van der Waals surface area contributed by atoms with Crippen molar-refractivity contribution in [3.63, 3.8) is 0 Å². The summed E-state index contributed by atoms with van der Waals surface area (Å²) in [6, 6.07) is 4.57. The van der Waals surface area contributed by atoms with E-state index >= 15 is 0 Å². The highest BCUT2D eigenvalue weighted by molar-refractivity contribution is 9.10. The highest BCUT2D eigenvalue weighted by atomic mass is 79.9. The molecule has 0 spiro atoms. The van der Waals surface area contributed by atoms with E-state index in [0.29, 0.717) is 4.47 Å². The van der Waals surface area contributed by atoms with Gasteiger partial charge in [-0.1, -0.05) is 15.9 Å². The number of amides is 1. The van der Waals surface area contributed by atoms with E-state index in [1.807, 2.05) is 0 Å². The quantitative estimate of drug-likeness (QED) is 0.768. The molecule has 6 nitrogen and oxygen atoms in total. The van der Waals surface area contributed by atoms with Crippen LogP contribution in [0.3, 0.4) is 0 Å². The van der Waals surface area contributed by atoms with Crippen LogP contribution in [0.2, 0.25) is 0 Å². The number of nitrogens with two attached hydrogens (primary N) is 1. The molecule has 3 N–H and O–H groups in total. The first kappa shape index (κ1) is 15.9. The van der Waals surface area contributed by atoms with Crippen LogP contribution in [0.1, 0.15) is 6.42 Å². The number of carbonyl (C=O) groups excluding carboxylic acids is 1. The van der Waals surface area contributed by atoms with Gasteiger partial charge in [-0.05, 0) is 18.2 Å². The van der Waals surface area contributed by atoms with Crippen molar-refractivity contribution in [2.75, 3.05) is 26.4 Å². The Balaban J connectivity index is 2.94. The van der Waals surface area contributed by atoms with Crippen LogP contribution < -0.4 is 11.1 Å². The Morgan fingerprint density at radius 1 is 1.47 bits per heavy atom. The van der Waals surface area contributed by atoms with Crippen molar-refractivity contribution < 1.29 is 13.2 Å². The lowest BCUT2D eigenvalue weighted by molar-refractivity contribution is -0.120. The summed E-state index contributed by atoms with van der Waals surface area (Å²) in [7, 11) is -0.763. The number of hydrogen-bond acceptors (Lipinski definition) is 4. The minimum atomic E-state index is -3.68. The summed E-state index contributed by atoms with van der Waals surface area (Å²) in [6.45, 7) is 0.0948. The Morgan fingerprint density at radius 3 is 2.63 bits per heavy atom. The summed E-state index contributed by atoms with van der Waals surface area (Å²) >= 11 is 3.22. The van der Waals surface area contributed by atoms with Crippen LogP contribution in [0.15, 0.2) is 27.6 Å². The number of nitrogen functional groups attached to an aromatic ring is 1. The molecule has 0 saturated carbocycles. The van der Waals surface area contributed by atoms with Crippen molar-refractivity contribution in [3.8, 4) is 0 Å². The zero-order chi connectivity index (χ0) is 14.6. The molecule has 1 rings (SSSR count). The van der Waals surface area contributed by atoms with E-state index in [-0.39, 0.29) is 29.5 Å². The van der Waals surface area contributed by atoms with Crippen LogP contribution in [0.5, 0.6) is 0 Å². The number of rotatable bonds is 5. The average molecular weight is 350 g/mol. The van der Waals surface area contributed by atoms with E-state index in [1.165, 1.54) is 26.2 Å². The molecule has 1 aromatic rings. The Kier molecular flexibility index (Phi) is 5.33. The van der Waals surface area contributed by atoms with Crippen molar-refractivity contribution in [1.82, 2.24) is 9.62 Å². The smallest absolute Gasteiger partial charge is 0.244 e. The van der Waals surface area contributed by atoms with Crippen LogP contribution in [-0.4, -0.2) is 39.3 Å². The van der Waals surface area contributed by atoms with E-state index < -0.39 is 10.0 Å². The molecule has 0 saturated heterocycles. The summed E-state index contributed by atoms with van der Waals surface area (Å²) < 4.78 is 26.3. The molecule has 106 valence electrons. The highest BCUT2D eigenvalue weighted by Gasteiger charge is 2.23. The van der Waals surface area contributed by atoms with E-state index in [0.717, 1.165) is 4.31 Å². The summed E-state index contributed by atoms with van der Waals surface area (Å²) in [6.07, 6.45) is 0.0999. The van der Waals surface area contributed by atoms with Crippen LogP contribution >= 0.6 is 15.9 Å². The van der Waals surface area contributed by atoms with E-state index in [1.54, 1.807) is 6.07 Å². The molecule has 0 aromatic heterocycles. The molecule has 0 heterocycles. The zero-order valence-corrected chi connectivity index (χ0v) is 13.1.